The maximum atomic E-state index is 12.2. The lowest BCUT2D eigenvalue weighted by Gasteiger charge is -2.44. The topological polar surface area (TPSA) is 40.5 Å². The molecule has 4 heteroatoms. The lowest BCUT2D eigenvalue weighted by atomic mass is 9.80. The average molecular weight is 268 g/mol. The number of Topliss-reactive ketones (excluding diaryl/α,β-unsaturated/α-hetero) is 1. The fourth-order valence-electron chi connectivity index (χ4n) is 3.03. The summed E-state index contributed by atoms with van der Waals surface area (Å²) in [6.45, 7) is 2.14. The van der Waals surface area contributed by atoms with Gasteiger partial charge in [-0.15, -0.1) is 12.4 Å². The molecule has 0 radical (unpaired) electrons. The van der Waals surface area contributed by atoms with E-state index in [0.717, 1.165) is 37.9 Å². The van der Waals surface area contributed by atoms with Crippen LogP contribution in [-0.4, -0.2) is 34.9 Å². The first-order valence-corrected chi connectivity index (χ1v) is 6.30. The number of benzene rings is 1. The summed E-state index contributed by atoms with van der Waals surface area (Å²) in [5.41, 5.74) is 1.13. The Morgan fingerprint density at radius 1 is 1.17 bits per heavy atom. The monoisotopic (exact) mass is 267 g/mol. The zero-order valence-corrected chi connectivity index (χ0v) is 11.0. The Balaban J connectivity index is 0.00000120. The molecule has 18 heavy (non-hydrogen) atoms. The molecule has 3 aliphatic rings. The van der Waals surface area contributed by atoms with Crippen molar-refractivity contribution >= 4 is 18.2 Å². The van der Waals surface area contributed by atoms with Gasteiger partial charge in [0, 0.05) is 5.92 Å². The molecule has 3 aliphatic heterocycles. The molecule has 1 aromatic carbocycles. The molecule has 1 unspecified atom stereocenters. The first-order valence-electron chi connectivity index (χ1n) is 6.30. The minimum Gasteiger partial charge on any atom is -0.508 e. The van der Waals surface area contributed by atoms with Gasteiger partial charge >= 0.3 is 0 Å². The van der Waals surface area contributed by atoms with Crippen LogP contribution in [0, 0.1) is 5.92 Å². The van der Waals surface area contributed by atoms with E-state index in [9.17, 15) is 9.90 Å². The first kappa shape index (κ1) is 13.4. The summed E-state index contributed by atoms with van der Waals surface area (Å²) < 4.78 is 0. The quantitative estimate of drug-likeness (QED) is 0.891. The fourth-order valence-corrected chi connectivity index (χ4v) is 3.03. The van der Waals surface area contributed by atoms with Crippen molar-refractivity contribution in [3.8, 4) is 5.75 Å². The largest absolute Gasteiger partial charge is 0.508 e. The van der Waals surface area contributed by atoms with Crippen molar-refractivity contribution in [2.24, 2.45) is 5.92 Å². The molecule has 3 saturated heterocycles. The van der Waals surface area contributed by atoms with Gasteiger partial charge < -0.3 is 5.11 Å². The summed E-state index contributed by atoms with van der Waals surface area (Å²) in [6.07, 6.45) is 2.88. The second-order valence-electron chi connectivity index (χ2n) is 5.10. The van der Waals surface area contributed by atoms with E-state index in [2.05, 4.69) is 4.90 Å². The molecule has 1 aromatic rings. The van der Waals surface area contributed by atoms with E-state index < -0.39 is 0 Å². The van der Waals surface area contributed by atoms with Gasteiger partial charge in [-0.05, 0) is 50.0 Å². The smallest absolute Gasteiger partial charge is 0.153 e. The number of nitrogens with zero attached hydrogens (tertiary/aromatic N) is 1. The number of fused-ring (bicyclic) bond motifs is 3. The van der Waals surface area contributed by atoms with E-state index in [1.807, 2.05) is 12.1 Å². The Bertz CT molecular complexity index is 424. The number of phenols is 1. The molecule has 3 heterocycles. The van der Waals surface area contributed by atoms with Crippen LogP contribution in [0.15, 0.2) is 24.3 Å². The highest BCUT2D eigenvalue weighted by atomic mass is 35.5. The maximum Gasteiger partial charge on any atom is 0.153 e. The molecule has 2 bridgehead atoms. The maximum absolute atomic E-state index is 12.2. The second kappa shape index (κ2) is 5.29. The third kappa shape index (κ3) is 2.38. The molecular formula is C14H18ClNO2. The van der Waals surface area contributed by atoms with Gasteiger partial charge in [0.25, 0.3) is 0 Å². The molecule has 1 atom stereocenters. The van der Waals surface area contributed by atoms with Crippen molar-refractivity contribution < 1.29 is 9.90 Å². The minimum absolute atomic E-state index is 0. The van der Waals surface area contributed by atoms with E-state index in [0.29, 0.717) is 11.7 Å². The molecule has 3 nitrogen and oxygen atoms in total. The molecular weight excluding hydrogens is 250 g/mol. The molecule has 98 valence electrons. The van der Waals surface area contributed by atoms with E-state index in [1.165, 1.54) is 0 Å². The molecule has 0 aliphatic carbocycles. The first-order chi connectivity index (χ1) is 8.24. The Kier molecular flexibility index (Phi) is 3.93. The van der Waals surface area contributed by atoms with Crippen molar-refractivity contribution in [1.82, 2.24) is 4.90 Å². The molecule has 0 saturated carbocycles. The third-order valence-electron chi connectivity index (χ3n) is 4.07. The number of hydrogen-bond acceptors (Lipinski definition) is 3. The Hall–Kier alpha value is -1.06. The lowest BCUT2D eigenvalue weighted by Crippen LogP contribution is -2.56. The zero-order valence-electron chi connectivity index (χ0n) is 10.2. The van der Waals surface area contributed by atoms with E-state index in [-0.39, 0.29) is 24.2 Å². The van der Waals surface area contributed by atoms with Gasteiger partial charge in [-0.25, -0.2) is 0 Å². The van der Waals surface area contributed by atoms with Gasteiger partial charge in [0.15, 0.2) is 5.78 Å². The number of phenolic OH excluding ortho intramolecular Hbond substituents is 1. The highest BCUT2D eigenvalue weighted by molar-refractivity contribution is 5.88. The average Bonchev–Trinajstić information content (AvgIpc) is 2.37. The number of carbonyl (C=O) groups excluding carboxylic acids is 1. The SMILES string of the molecule is Cl.O=C1C2CCN(CC2)C1Cc1ccc(O)cc1. The predicted molar refractivity (Wildman–Crippen MR) is 72.2 cm³/mol. The van der Waals surface area contributed by atoms with Gasteiger partial charge in [-0.3, -0.25) is 9.69 Å². The van der Waals surface area contributed by atoms with E-state index >= 15 is 0 Å². The van der Waals surface area contributed by atoms with E-state index in [1.54, 1.807) is 12.1 Å². The lowest BCUT2D eigenvalue weighted by molar-refractivity contribution is -0.136. The molecule has 1 N–H and O–H groups in total. The molecule has 0 amide bonds. The van der Waals surface area contributed by atoms with Crippen molar-refractivity contribution in [1.29, 1.82) is 0 Å². The van der Waals surface area contributed by atoms with Gasteiger partial charge in [0.2, 0.25) is 0 Å². The van der Waals surface area contributed by atoms with Crippen LogP contribution in [0.4, 0.5) is 0 Å². The van der Waals surface area contributed by atoms with Crippen LogP contribution in [0.5, 0.6) is 5.75 Å². The summed E-state index contributed by atoms with van der Waals surface area (Å²) in [5, 5.41) is 9.24. The van der Waals surface area contributed by atoms with Gasteiger partial charge in [-0.2, -0.15) is 0 Å². The standard InChI is InChI=1S/C14H17NO2.ClH/c16-12-3-1-10(2-4-12)9-13-14(17)11-5-7-15(13)8-6-11;/h1-4,11,13,16H,5-9H2;1H. The Morgan fingerprint density at radius 2 is 1.78 bits per heavy atom. The van der Waals surface area contributed by atoms with Crippen LogP contribution in [0.2, 0.25) is 0 Å². The summed E-state index contributed by atoms with van der Waals surface area (Å²) in [6, 6.07) is 7.27. The summed E-state index contributed by atoms with van der Waals surface area (Å²) in [7, 11) is 0. The number of rotatable bonds is 2. The Labute approximate surface area is 113 Å². The second-order valence-corrected chi connectivity index (χ2v) is 5.10. The fraction of sp³-hybridized carbons (Fsp3) is 0.500. The van der Waals surface area contributed by atoms with Crippen molar-refractivity contribution in [2.75, 3.05) is 13.1 Å². The number of carbonyl (C=O) groups is 1. The highest BCUT2D eigenvalue weighted by Gasteiger charge is 2.40. The normalized spacial score (nSPS) is 30.0. The van der Waals surface area contributed by atoms with Crippen LogP contribution < -0.4 is 0 Å². The van der Waals surface area contributed by atoms with Crippen LogP contribution >= 0.6 is 12.4 Å². The minimum atomic E-state index is 0. The van der Waals surface area contributed by atoms with Gasteiger partial charge in [0.05, 0.1) is 6.04 Å². The molecule has 0 aromatic heterocycles. The molecule has 4 rings (SSSR count). The van der Waals surface area contributed by atoms with Crippen molar-refractivity contribution in [2.45, 2.75) is 25.3 Å². The number of piperidine rings is 3. The summed E-state index contributed by atoms with van der Waals surface area (Å²) >= 11 is 0. The summed E-state index contributed by atoms with van der Waals surface area (Å²) in [4.78, 5) is 14.5. The van der Waals surface area contributed by atoms with Crippen LogP contribution in [0.3, 0.4) is 0 Å². The number of aromatic hydroxyl groups is 1. The van der Waals surface area contributed by atoms with Crippen molar-refractivity contribution in [3.63, 3.8) is 0 Å². The van der Waals surface area contributed by atoms with E-state index in [4.69, 9.17) is 0 Å². The van der Waals surface area contributed by atoms with Crippen LogP contribution in [-0.2, 0) is 11.2 Å². The molecule has 0 spiro atoms. The van der Waals surface area contributed by atoms with Crippen molar-refractivity contribution in [3.05, 3.63) is 29.8 Å². The third-order valence-corrected chi connectivity index (χ3v) is 4.07. The number of halogens is 1. The molecule has 3 fully saturated rings. The zero-order chi connectivity index (χ0) is 11.8. The van der Waals surface area contributed by atoms with Gasteiger partial charge in [-0.1, -0.05) is 12.1 Å². The highest BCUT2D eigenvalue weighted by Crippen LogP contribution is 2.30. The predicted octanol–water partition coefficient (Wildman–Crippen LogP) is 2.02. The number of hydrogen-bond donors (Lipinski definition) is 1. The van der Waals surface area contributed by atoms with Gasteiger partial charge in [0.1, 0.15) is 5.75 Å². The Morgan fingerprint density at radius 3 is 2.33 bits per heavy atom. The summed E-state index contributed by atoms with van der Waals surface area (Å²) in [5.74, 6) is 1.02. The number of ketones is 1. The van der Waals surface area contributed by atoms with Crippen LogP contribution in [0.1, 0.15) is 18.4 Å². The van der Waals surface area contributed by atoms with Crippen LogP contribution in [0.25, 0.3) is 0 Å².